The summed E-state index contributed by atoms with van der Waals surface area (Å²) in [6.07, 6.45) is 5.68. The van der Waals surface area contributed by atoms with Crippen LogP contribution in [-0.2, 0) is 11.3 Å². The van der Waals surface area contributed by atoms with Gasteiger partial charge in [-0.3, -0.25) is 14.7 Å². The molecule has 1 atom stereocenters. The zero-order valence-corrected chi connectivity index (χ0v) is 19.3. The van der Waals surface area contributed by atoms with Gasteiger partial charge in [-0.1, -0.05) is 17.7 Å². The van der Waals surface area contributed by atoms with Crippen LogP contribution in [0.2, 0.25) is 0 Å². The van der Waals surface area contributed by atoms with E-state index in [-0.39, 0.29) is 12.0 Å². The molecule has 3 aromatic rings. The maximum Gasteiger partial charge on any atom is 0.236 e. The third-order valence-electron chi connectivity index (χ3n) is 6.60. The third kappa shape index (κ3) is 4.71. The number of aryl methyl sites for hydroxylation is 1. The van der Waals surface area contributed by atoms with E-state index in [4.69, 9.17) is 4.74 Å². The molecule has 0 saturated carbocycles. The molecule has 0 radical (unpaired) electrons. The quantitative estimate of drug-likeness (QED) is 0.577. The van der Waals surface area contributed by atoms with Gasteiger partial charge in [0, 0.05) is 49.7 Å². The number of nitrogens with zero attached hydrogens (tertiary/aromatic N) is 3. The molecular weight excluding hydrogens is 418 g/mol. The van der Waals surface area contributed by atoms with Crippen molar-refractivity contribution in [1.82, 2.24) is 14.8 Å². The maximum absolute atomic E-state index is 13.2. The Kier molecular flexibility index (Phi) is 6.23. The van der Waals surface area contributed by atoms with Crippen LogP contribution in [0.4, 0.5) is 0 Å². The van der Waals surface area contributed by atoms with Gasteiger partial charge in [-0.15, -0.1) is 0 Å². The van der Waals surface area contributed by atoms with Crippen molar-refractivity contribution < 1.29 is 9.53 Å². The fourth-order valence-electron chi connectivity index (χ4n) is 4.82. The number of carbonyl (C=O) groups is 1. The Hall–Kier alpha value is -2.70. The SMILES string of the molecule is Cc1ccc2c(c1)CN(CC(=O)N1CCC(c3ccncc3)CC1)C[C@H](c1ccsc1)O2. The van der Waals surface area contributed by atoms with Crippen LogP contribution in [0.15, 0.2) is 59.6 Å². The van der Waals surface area contributed by atoms with Crippen molar-refractivity contribution in [2.24, 2.45) is 0 Å². The Balaban J connectivity index is 1.27. The second-order valence-electron chi connectivity index (χ2n) is 8.88. The molecule has 32 heavy (non-hydrogen) atoms. The topological polar surface area (TPSA) is 45.7 Å². The fourth-order valence-corrected chi connectivity index (χ4v) is 5.52. The lowest BCUT2D eigenvalue weighted by Gasteiger charge is -2.34. The van der Waals surface area contributed by atoms with E-state index in [2.05, 4.69) is 64.0 Å². The number of ether oxygens (including phenoxy) is 1. The molecule has 5 rings (SSSR count). The average Bonchev–Trinajstić information content (AvgIpc) is 3.30. The first-order valence-electron chi connectivity index (χ1n) is 11.3. The van der Waals surface area contributed by atoms with Crippen molar-refractivity contribution in [3.63, 3.8) is 0 Å². The third-order valence-corrected chi connectivity index (χ3v) is 7.30. The highest BCUT2D eigenvalue weighted by molar-refractivity contribution is 7.07. The molecule has 1 fully saturated rings. The first-order chi connectivity index (χ1) is 15.7. The minimum absolute atomic E-state index is 0.0598. The molecule has 0 N–H and O–H groups in total. The van der Waals surface area contributed by atoms with Gasteiger partial charge in [0.25, 0.3) is 0 Å². The van der Waals surface area contributed by atoms with E-state index < -0.39 is 0 Å². The summed E-state index contributed by atoms with van der Waals surface area (Å²) >= 11 is 1.68. The minimum Gasteiger partial charge on any atom is -0.484 e. The number of piperidine rings is 1. The van der Waals surface area contributed by atoms with Crippen molar-refractivity contribution in [3.05, 3.63) is 81.8 Å². The van der Waals surface area contributed by atoms with E-state index >= 15 is 0 Å². The Morgan fingerprint density at radius 1 is 1.12 bits per heavy atom. The Labute approximate surface area is 193 Å². The second-order valence-corrected chi connectivity index (χ2v) is 9.66. The Morgan fingerprint density at radius 3 is 2.69 bits per heavy atom. The molecule has 1 saturated heterocycles. The summed E-state index contributed by atoms with van der Waals surface area (Å²) in [5.74, 6) is 1.67. The molecule has 5 nitrogen and oxygen atoms in total. The van der Waals surface area contributed by atoms with Gasteiger partial charge in [-0.05, 0) is 66.3 Å². The van der Waals surface area contributed by atoms with Gasteiger partial charge in [-0.2, -0.15) is 11.3 Å². The van der Waals surface area contributed by atoms with Crippen LogP contribution in [-0.4, -0.2) is 46.9 Å². The number of likely N-dealkylation sites (tertiary alicyclic amines) is 1. The molecule has 0 aliphatic carbocycles. The van der Waals surface area contributed by atoms with Gasteiger partial charge < -0.3 is 9.64 Å². The maximum atomic E-state index is 13.2. The van der Waals surface area contributed by atoms with Gasteiger partial charge in [0.1, 0.15) is 11.9 Å². The molecule has 0 unspecified atom stereocenters. The molecule has 2 aliphatic heterocycles. The number of benzene rings is 1. The van der Waals surface area contributed by atoms with E-state index in [1.165, 1.54) is 16.7 Å². The van der Waals surface area contributed by atoms with Crippen LogP contribution in [0.1, 0.15) is 47.1 Å². The monoisotopic (exact) mass is 447 g/mol. The van der Waals surface area contributed by atoms with Crippen LogP contribution in [0.25, 0.3) is 0 Å². The molecule has 166 valence electrons. The number of fused-ring (bicyclic) bond motifs is 1. The van der Waals surface area contributed by atoms with Crippen molar-refractivity contribution >= 4 is 17.2 Å². The molecule has 0 bridgehead atoms. The zero-order chi connectivity index (χ0) is 21.9. The first-order valence-corrected chi connectivity index (χ1v) is 12.3. The summed E-state index contributed by atoms with van der Waals surface area (Å²) < 4.78 is 6.41. The highest BCUT2D eigenvalue weighted by atomic mass is 32.1. The summed E-state index contributed by atoms with van der Waals surface area (Å²) in [5.41, 5.74) is 4.89. The second kappa shape index (κ2) is 9.43. The number of thiophene rings is 1. The average molecular weight is 448 g/mol. The van der Waals surface area contributed by atoms with Crippen molar-refractivity contribution in [1.29, 1.82) is 0 Å². The van der Waals surface area contributed by atoms with E-state index in [9.17, 15) is 4.79 Å². The van der Waals surface area contributed by atoms with Crippen LogP contribution < -0.4 is 4.74 Å². The Bertz CT molecular complexity index is 1050. The lowest BCUT2D eigenvalue weighted by atomic mass is 9.90. The number of amides is 1. The normalized spacial score (nSPS) is 19.8. The van der Waals surface area contributed by atoms with Gasteiger partial charge in [0.15, 0.2) is 0 Å². The van der Waals surface area contributed by atoms with Crippen molar-refractivity contribution in [2.75, 3.05) is 26.2 Å². The van der Waals surface area contributed by atoms with Crippen LogP contribution in [0.5, 0.6) is 5.75 Å². The largest absolute Gasteiger partial charge is 0.484 e. The lowest BCUT2D eigenvalue weighted by molar-refractivity contribution is -0.133. The molecule has 2 aliphatic rings. The number of carbonyl (C=O) groups excluding carboxylic acids is 1. The molecule has 6 heteroatoms. The molecule has 0 spiro atoms. The highest BCUT2D eigenvalue weighted by Gasteiger charge is 2.29. The number of aromatic nitrogens is 1. The first kappa shape index (κ1) is 21.2. The van der Waals surface area contributed by atoms with E-state index in [0.717, 1.165) is 43.8 Å². The standard InChI is InChI=1S/C26H29N3O2S/c1-19-2-3-24-23(14-19)15-28(16-25(31-24)22-8-13-32-18-22)17-26(30)29-11-6-21(7-12-29)20-4-9-27-10-5-20/h2-5,8-10,13-14,18,21,25H,6-7,11-12,15-17H2,1H3/t25-/m1/s1. The number of rotatable bonds is 4. The van der Waals surface area contributed by atoms with Crippen LogP contribution in [0.3, 0.4) is 0 Å². The summed E-state index contributed by atoms with van der Waals surface area (Å²) in [6, 6.07) is 12.7. The molecule has 4 heterocycles. The fraction of sp³-hybridized carbons (Fsp3) is 0.385. The predicted molar refractivity (Wildman–Crippen MR) is 127 cm³/mol. The highest BCUT2D eigenvalue weighted by Crippen LogP contribution is 2.33. The lowest BCUT2D eigenvalue weighted by Crippen LogP contribution is -2.44. The number of hydrogen-bond donors (Lipinski definition) is 0. The molecule has 1 amide bonds. The van der Waals surface area contributed by atoms with Crippen molar-refractivity contribution in [2.45, 2.75) is 38.3 Å². The van der Waals surface area contributed by atoms with E-state index in [1.54, 1.807) is 11.3 Å². The molecule has 1 aromatic carbocycles. The van der Waals surface area contributed by atoms with Crippen LogP contribution >= 0.6 is 11.3 Å². The van der Waals surface area contributed by atoms with Gasteiger partial charge in [0.2, 0.25) is 5.91 Å². The molecule has 2 aromatic heterocycles. The molecular formula is C26H29N3O2S. The summed E-state index contributed by atoms with van der Waals surface area (Å²) in [6.45, 7) is 5.61. The summed E-state index contributed by atoms with van der Waals surface area (Å²) in [7, 11) is 0. The number of pyridine rings is 1. The Morgan fingerprint density at radius 2 is 1.94 bits per heavy atom. The predicted octanol–water partition coefficient (Wildman–Crippen LogP) is 4.79. The van der Waals surface area contributed by atoms with Gasteiger partial charge >= 0.3 is 0 Å². The zero-order valence-electron chi connectivity index (χ0n) is 18.4. The summed E-state index contributed by atoms with van der Waals surface area (Å²) in [5, 5.41) is 4.23. The smallest absolute Gasteiger partial charge is 0.236 e. The van der Waals surface area contributed by atoms with Crippen molar-refractivity contribution in [3.8, 4) is 5.75 Å². The van der Waals surface area contributed by atoms with E-state index in [1.807, 2.05) is 17.3 Å². The van der Waals surface area contributed by atoms with Gasteiger partial charge in [0.05, 0.1) is 6.54 Å². The van der Waals surface area contributed by atoms with Crippen LogP contribution in [0, 0.1) is 6.92 Å². The number of hydrogen-bond acceptors (Lipinski definition) is 5. The minimum atomic E-state index is -0.0598. The summed E-state index contributed by atoms with van der Waals surface area (Å²) in [4.78, 5) is 21.6. The van der Waals surface area contributed by atoms with E-state index in [0.29, 0.717) is 19.0 Å². The van der Waals surface area contributed by atoms with Gasteiger partial charge in [-0.25, -0.2) is 0 Å².